The first-order valence-electron chi connectivity index (χ1n) is 3.73. The molecule has 0 fully saturated rings. The van der Waals surface area contributed by atoms with Gasteiger partial charge in [-0.1, -0.05) is 0 Å². The summed E-state index contributed by atoms with van der Waals surface area (Å²) in [7, 11) is 0. The Morgan fingerprint density at radius 1 is 1.75 bits per heavy atom. The van der Waals surface area contributed by atoms with Crippen LogP contribution in [0.25, 0.3) is 0 Å². The Kier molecular flexibility index (Phi) is 2.99. The first kappa shape index (κ1) is 8.93. The van der Waals surface area contributed by atoms with Crippen molar-refractivity contribution in [3.8, 4) is 0 Å². The van der Waals surface area contributed by atoms with Crippen molar-refractivity contribution >= 4 is 6.29 Å². The SMILES string of the molecule is CC(C)OCc1nc(C=O)co1. The summed E-state index contributed by atoms with van der Waals surface area (Å²) in [5, 5.41) is 0. The fourth-order valence-electron chi connectivity index (χ4n) is 0.683. The van der Waals surface area contributed by atoms with Crippen molar-refractivity contribution in [2.24, 2.45) is 0 Å². The van der Waals surface area contributed by atoms with Gasteiger partial charge in [0.25, 0.3) is 0 Å². The number of aromatic nitrogens is 1. The summed E-state index contributed by atoms with van der Waals surface area (Å²) >= 11 is 0. The molecular weight excluding hydrogens is 158 g/mol. The van der Waals surface area contributed by atoms with Gasteiger partial charge in [0.1, 0.15) is 18.6 Å². The second-order valence-corrected chi connectivity index (χ2v) is 2.64. The topological polar surface area (TPSA) is 52.3 Å². The summed E-state index contributed by atoms with van der Waals surface area (Å²) in [6, 6.07) is 0. The molecule has 0 aromatic carbocycles. The highest BCUT2D eigenvalue weighted by molar-refractivity contribution is 5.70. The highest BCUT2D eigenvalue weighted by Gasteiger charge is 2.03. The van der Waals surface area contributed by atoms with Crippen LogP contribution in [-0.2, 0) is 11.3 Å². The number of oxazole rings is 1. The lowest BCUT2D eigenvalue weighted by Gasteiger charge is -2.02. The Labute approximate surface area is 70.5 Å². The molecule has 0 saturated heterocycles. The highest BCUT2D eigenvalue weighted by atomic mass is 16.5. The molecule has 0 N–H and O–H groups in total. The van der Waals surface area contributed by atoms with E-state index in [9.17, 15) is 4.79 Å². The van der Waals surface area contributed by atoms with Gasteiger partial charge in [-0.25, -0.2) is 4.98 Å². The van der Waals surface area contributed by atoms with Gasteiger partial charge in [-0.05, 0) is 13.8 Å². The smallest absolute Gasteiger partial charge is 0.220 e. The molecule has 12 heavy (non-hydrogen) atoms. The maximum atomic E-state index is 10.2. The van der Waals surface area contributed by atoms with Gasteiger partial charge in [-0.3, -0.25) is 4.79 Å². The Balaban J connectivity index is 2.47. The molecule has 0 spiro atoms. The number of hydrogen-bond donors (Lipinski definition) is 0. The van der Waals surface area contributed by atoms with Gasteiger partial charge in [0.15, 0.2) is 6.29 Å². The molecule has 0 bridgehead atoms. The monoisotopic (exact) mass is 169 g/mol. The number of ether oxygens (including phenoxy) is 1. The normalized spacial score (nSPS) is 10.6. The van der Waals surface area contributed by atoms with Crippen molar-refractivity contribution in [2.75, 3.05) is 0 Å². The average Bonchev–Trinajstić information content (AvgIpc) is 2.48. The van der Waals surface area contributed by atoms with E-state index in [0.717, 1.165) is 0 Å². The van der Waals surface area contributed by atoms with Crippen LogP contribution in [0, 0.1) is 0 Å². The van der Waals surface area contributed by atoms with Crippen LogP contribution in [0.3, 0.4) is 0 Å². The van der Waals surface area contributed by atoms with Gasteiger partial charge in [0, 0.05) is 0 Å². The Hall–Kier alpha value is -1.16. The predicted molar refractivity (Wildman–Crippen MR) is 41.8 cm³/mol. The molecule has 0 radical (unpaired) electrons. The lowest BCUT2D eigenvalue weighted by molar-refractivity contribution is 0.0517. The van der Waals surface area contributed by atoms with Crippen molar-refractivity contribution in [1.29, 1.82) is 0 Å². The van der Waals surface area contributed by atoms with E-state index in [1.807, 2.05) is 13.8 Å². The van der Waals surface area contributed by atoms with Crippen LogP contribution in [-0.4, -0.2) is 17.4 Å². The van der Waals surface area contributed by atoms with Crippen LogP contribution in [0.15, 0.2) is 10.7 Å². The fraction of sp³-hybridized carbons (Fsp3) is 0.500. The quantitative estimate of drug-likeness (QED) is 0.639. The molecule has 0 unspecified atom stereocenters. The lowest BCUT2D eigenvalue weighted by atomic mass is 10.5. The van der Waals surface area contributed by atoms with Gasteiger partial charge in [0.05, 0.1) is 6.10 Å². The minimum Gasteiger partial charge on any atom is -0.446 e. The summed E-state index contributed by atoms with van der Waals surface area (Å²) in [5.41, 5.74) is 0.303. The van der Waals surface area contributed by atoms with Crippen molar-refractivity contribution in [3.05, 3.63) is 17.8 Å². The number of hydrogen-bond acceptors (Lipinski definition) is 4. The molecule has 1 rings (SSSR count). The minimum atomic E-state index is 0.136. The van der Waals surface area contributed by atoms with E-state index in [4.69, 9.17) is 9.15 Å². The largest absolute Gasteiger partial charge is 0.446 e. The van der Waals surface area contributed by atoms with Crippen molar-refractivity contribution in [3.63, 3.8) is 0 Å². The van der Waals surface area contributed by atoms with Crippen molar-refractivity contribution in [2.45, 2.75) is 26.6 Å². The third-order valence-electron chi connectivity index (χ3n) is 1.23. The zero-order valence-corrected chi connectivity index (χ0v) is 7.11. The summed E-state index contributed by atoms with van der Waals surface area (Å²) < 4.78 is 10.2. The maximum Gasteiger partial charge on any atom is 0.220 e. The number of rotatable bonds is 4. The van der Waals surface area contributed by atoms with Gasteiger partial charge < -0.3 is 9.15 Å². The van der Waals surface area contributed by atoms with Crippen LogP contribution in [0.1, 0.15) is 30.2 Å². The zero-order valence-electron chi connectivity index (χ0n) is 7.11. The van der Waals surface area contributed by atoms with Crippen LogP contribution in [0.5, 0.6) is 0 Å². The summed E-state index contributed by atoms with van der Waals surface area (Å²) in [6.07, 6.45) is 2.09. The summed E-state index contributed by atoms with van der Waals surface area (Å²) in [4.78, 5) is 14.0. The van der Waals surface area contributed by atoms with Crippen molar-refractivity contribution in [1.82, 2.24) is 4.98 Å². The molecular formula is C8H11NO3. The molecule has 1 heterocycles. The van der Waals surface area contributed by atoms with Gasteiger partial charge in [-0.15, -0.1) is 0 Å². The molecule has 66 valence electrons. The van der Waals surface area contributed by atoms with Gasteiger partial charge in [-0.2, -0.15) is 0 Å². The second-order valence-electron chi connectivity index (χ2n) is 2.64. The Morgan fingerprint density at radius 3 is 3.00 bits per heavy atom. The number of carbonyl (C=O) groups is 1. The lowest BCUT2D eigenvalue weighted by Crippen LogP contribution is -2.02. The van der Waals surface area contributed by atoms with E-state index in [1.165, 1.54) is 6.26 Å². The van der Waals surface area contributed by atoms with E-state index >= 15 is 0 Å². The molecule has 4 heteroatoms. The van der Waals surface area contributed by atoms with Crippen LogP contribution in [0.4, 0.5) is 0 Å². The Bertz CT molecular complexity index is 255. The van der Waals surface area contributed by atoms with Crippen molar-refractivity contribution < 1.29 is 13.9 Å². The Morgan fingerprint density at radius 2 is 2.50 bits per heavy atom. The van der Waals surface area contributed by atoms with E-state index in [0.29, 0.717) is 24.5 Å². The second kappa shape index (κ2) is 4.01. The molecule has 0 atom stereocenters. The zero-order chi connectivity index (χ0) is 8.97. The molecule has 0 aliphatic carbocycles. The third-order valence-corrected chi connectivity index (χ3v) is 1.23. The van der Waals surface area contributed by atoms with Crippen LogP contribution >= 0.6 is 0 Å². The van der Waals surface area contributed by atoms with Gasteiger partial charge >= 0.3 is 0 Å². The van der Waals surface area contributed by atoms with E-state index < -0.39 is 0 Å². The van der Waals surface area contributed by atoms with Crippen LogP contribution < -0.4 is 0 Å². The number of nitrogens with zero attached hydrogens (tertiary/aromatic N) is 1. The van der Waals surface area contributed by atoms with Gasteiger partial charge in [0.2, 0.25) is 5.89 Å². The third kappa shape index (κ3) is 2.47. The summed E-state index contributed by atoms with van der Waals surface area (Å²) in [5.74, 6) is 0.436. The number of carbonyl (C=O) groups excluding carboxylic acids is 1. The van der Waals surface area contributed by atoms with Crippen LogP contribution in [0.2, 0.25) is 0 Å². The standard InChI is InChI=1S/C8H11NO3/c1-6(2)11-5-8-9-7(3-10)4-12-8/h3-4,6H,5H2,1-2H3. The number of aldehydes is 1. The molecule has 4 nitrogen and oxygen atoms in total. The molecule has 0 saturated carbocycles. The predicted octanol–water partition coefficient (Wildman–Crippen LogP) is 1.41. The molecule has 1 aromatic rings. The van der Waals surface area contributed by atoms with E-state index in [1.54, 1.807) is 0 Å². The average molecular weight is 169 g/mol. The first-order valence-corrected chi connectivity index (χ1v) is 3.73. The minimum absolute atomic E-state index is 0.136. The maximum absolute atomic E-state index is 10.2. The van der Waals surface area contributed by atoms with E-state index in [2.05, 4.69) is 4.98 Å². The molecule has 0 amide bonds. The molecule has 0 aliphatic heterocycles. The highest BCUT2D eigenvalue weighted by Crippen LogP contribution is 2.02. The summed E-state index contributed by atoms with van der Waals surface area (Å²) in [6.45, 7) is 4.15. The molecule has 0 aliphatic rings. The molecule has 1 aromatic heterocycles. The first-order chi connectivity index (χ1) is 5.72. The van der Waals surface area contributed by atoms with E-state index in [-0.39, 0.29) is 6.10 Å². The fourth-order valence-corrected chi connectivity index (χ4v) is 0.683.